The second-order valence-corrected chi connectivity index (χ2v) is 7.84. The number of methoxy groups -OCH3 is 1. The van der Waals surface area contributed by atoms with E-state index in [2.05, 4.69) is 48.2 Å². The summed E-state index contributed by atoms with van der Waals surface area (Å²) in [6.45, 7) is 10.7. The van der Waals surface area contributed by atoms with Crippen molar-refractivity contribution in [1.29, 1.82) is 0 Å². The molecule has 1 N–H and O–H groups in total. The first-order valence-corrected chi connectivity index (χ1v) is 9.07. The van der Waals surface area contributed by atoms with E-state index in [0.29, 0.717) is 0 Å². The standard InChI is InChI=1S/C21H27N5O.ClH/c1-14-12-26(13-22-14)18-9-7-16(11-19(18)27-6)17-8-10-20(25-24-17)23-15(2)21(3,4)5;/h7-13,15H,1-6H3,(H,23,25);1H/t15-;/m0./s1. The van der Waals surface area contributed by atoms with Gasteiger partial charge < -0.3 is 14.6 Å². The van der Waals surface area contributed by atoms with E-state index in [1.807, 2.05) is 48.0 Å². The minimum Gasteiger partial charge on any atom is -0.495 e. The number of imidazole rings is 1. The fourth-order valence-electron chi connectivity index (χ4n) is 2.60. The maximum absolute atomic E-state index is 5.58. The Hall–Kier alpha value is -2.60. The van der Waals surface area contributed by atoms with Crippen LogP contribution in [0.25, 0.3) is 16.9 Å². The van der Waals surface area contributed by atoms with Crippen molar-refractivity contribution in [1.82, 2.24) is 19.7 Å². The van der Waals surface area contributed by atoms with Gasteiger partial charge in [-0.2, -0.15) is 0 Å². The highest BCUT2D eigenvalue weighted by Gasteiger charge is 2.20. The summed E-state index contributed by atoms with van der Waals surface area (Å²) in [6.07, 6.45) is 3.75. The molecule has 0 bridgehead atoms. The number of rotatable bonds is 5. The molecular formula is C21H28ClN5O. The monoisotopic (exact) mass is 401 g/mol. The van der Waals surface area contributed by atoms with Crippen LogP contribution in [0.3, 0.4) is 0 Å². The SMILES string of the molecule is COc1cc(-c2ccc(N[C@@H](C)C(C)(C)C)nn2)ccc1-n1cnc(C)c1.Cl. The average molecular weight is 402 g/mol. The molecule has 2 heterocycles. The minimum atomic E-state index is 0. The third kappa shape index (κ3) is 4.81. The third-order valence-corrected chi connectivity index (χ3v) is 4.79. The highest BCUT2D eigenvalue weighted by molar-refractivity contribution is 5.85. The first-order valence-electron chi connectivity index (χ1n) is 9.07. The van der Waals surface area contributed by atoms with Gasteiger partial charge in [-0.25, -0.2) is 4.98 Å². The number of hydrogen-bond donors (Lipinski definition) is 1. The van der Waals surface area contributed by atoms with E-state index in [9.17, 15) is 0 Å². The van der Waals surface area contributed by atoms with Crippen molar-refractivity contribution in [3.8, 4) is 22.7 Å². The van der Waals surface area contributed by atoms with Crippen molar-refractivity contribution >= 4 is 18.2 Å². The molecule has 0 unspecified atom stereocenters. The molecule has 0 aliphatic heterocycles. The number of nitrogens with zero attached hydrogens (tertiary/aromatic N) is 4. The van der Waals surface area contributed by atoms with Crippen LogP contribution >= 0.6 is 12.4 Å². The lowest BCUT2D eigenvalue weighted by Crippen LogP contribution is -2.31. The molecule has 0 fully saturated rings. The zero-order chi connectivity index (χ0) is 19.6. The maximum atomic E-state index is 5.58. The number of ether oxygens (including phenoxy) is 1. The lowest BCUT2D eigenvalue weighted by molar-refractivity contribution is 0.358. The molecule has 3 rings (SSSR count). The lowest BCUT2D eigenvalue weighted by Gasteiger charge is -2.28. The Kier molecular flexibility index (Phi) is 6.67. The number of nitrogens with one attached hydrogen (secondary N) is 1. The highest BCUT2D eigenvalue weighted by Crippen LogP contribution is 2.29. The summed E-state index contributed by atoms with van der Waals surface area (Å²) in [5.41, 5.74) is 3.80. The van der Waals surface area contributed by atoms with E-state index in [1.165, 1.54) is 0 Å². The predicted octanol–water partition coefficient (Wildman–Crippen LogP) is 4.91. The predicted molar refractivity (Wildman–Crippen MR) is 116 cm³/mol. The van der Waals surface area contributed by atoms with Crippen LogP contribution in [-0.2, 0) is 0 Å². The van der Waals surface area contributed by atoms with Gasteiger partial charge in [-0.05, 0) is 43.5 Å². The zero-order valence-electron chi connectivity index (χ0n) is 17.2. The quantitative estimate of drug-likeness (QED) is 0.657. The highest BCUT2D eigenvalue weighted by atomic mass is 35.5. The summed E-state index contributed by atoms with van der Waals surface area (Å²) >= 11 is 0. The van der Waals surface area contributed by atoms with Crippen LogP contribution in [0.1, 0.15) is 33.4 Å². The van der Waals surface area contributed by atoms with Crippen molar-refractivity contribution < 1.29 is 4.74 Å². The lowest BCUT2D eigenvalue weighted by atomic mass is 9.88. The molecule has 0 aliphatic carbocycles. The van der Waals surface area contributed by atoms with Gasteiger partial charge in [0.25, 0.3) is 0 Å². The molecule has 0 saturated carbocycles. The Morgan fingerprint density at radius 1 is 1.11 bits per heavy atom. The summed E-state index contributed by atoms with van der Waals surface area (Å²) in [5, 5.41) is 12.1. The van der Waals surface area contributed by atoms with E-state index in [4.69, 9.17) is 4.74 Å². The summed E-state index contributed by atoms with van der Waals surface area (Å²) < 4.78 is 7.52. The first-order chi connectivity index (χ1) is 12.8. The van der Waals surface area contributed by atoms with Crippen molar-refractivity contribution in [3.05, 3.63) is 48.5 Å². The number of benzene rings is 1. The zero-order valence-corrected chi connectivity index (χ0v) is 18.0. The molecule has 28 heavy (non-hydrogen) atoms. The van der Waals surface area contributed by atoms with Crippen LogP contribution in [0, 0.1) is 12.3 Å². The van der Waals surface area contributed by atoms with Crippen molar-refractivity contribution in [2.24, 2.45) is 5.41 Å². The molecule has 6 nitrogen and oxygen atoms in total. The second-order valence-electron chi connectivity index (χ2n) is 7.84. The Labute approximate surface area is 172 Å². The topological polar surface area (TPSA) is 64.9 Å². The molecule has 3 aromatic rings. The molecule has 0 spiro atoms. The molecule has 7 heteroatoms. The Bertz CT molecular complexity index is 915. The first kappa shape index (κ1) is 21.7. The van der Waals surface area contributed by atoms with Crippen LogP contribution < -0.4 is 10.1 Å². The van der Waals surface area contributed by atoms with E-state index in [1.54, 1.807) is 13.4 Å². The van der Waals surface area contributed by atoms with Gasteiger partial charge in [0.1, 0.15) is 11.6 Å². The van der Waals surface area contributed by atoms with Crippen LogP contribution in [0.5, 0.6) is 5.75 Å². The van der Waals surface area contributed by atoms with Gasteiger partial charge in [-0.1, -0.05) is 26.8 Å². The number of anilines is 1. The van der Waals surface area contributed by atoms with E-state index >= 15 is 0 Å². The van der Waals surface area contributed by atoms with Crippen molar-refractivity contribution in [2.45, 2.75) is 40.7 Å². The van der Waals surface area contributed by atoms with E-state index < -0.39 is 0 Å². The van der Waals surface area contributed by atoms with Crippen LogP contribution in [0.4, 0.5) is 5.82 Å². The van der Waals surface area contributed by atoms with Crippen LogP contribution in [0.2, 0.25) is 0 Å². The molecule has 1 aromatic carbocycles. The molecule has 2 aromatic heterocycles. The largest absolute Gasteiger partial charge is 0.495 e. The van der Waals surface area contributed by atoms with E-state index in [0.717, 1.165) is 34.2 Å². The Balaban J connectivity index is 0.00000280. The molecule has 0 aliphatic rings. The minimum absolute atomic E-state index is 0. The smallest absolute Gasteiger partial charge is 0.148 e. The Morgan fingerprint density at radius 2 is 1.86 bits per heavy atom. The number of halogens is 1. The molecular weight excluding hydrogens is 374 g/mol. The number of hydrogen-bond acceptors (Lipinski definition) is 5. The molecule has 0 saturated heterocycles. The van der Waals surface area contributed by atoms with Gasteiger partial charge in [0.05, 0.1) is 30.5 Å². The molecule has 150 valence electrons. The molecule has 1 atom stereocenters. The normalized spacial score (nSPS) is 12.2. The molecule has 0 amide bonds. The number of aryl methyl sites for hydroxylation is 1. The van der Waals surface area contributed by atoms with Gasteiger partial charge in [-0.15, -0.1) is 22.6 Å². The average Bonchev–Trinajstić information content (AvgIpc) is 3.07. The van der Waals surface area contributed by atoms with Crippen LogP contribution in [0.15, 0.2) is 42.9 Å². The van der Waals surface area contributed by atoms with Crippen molar-refractivity contribution in [3.63, 3.8) is 0 Å². The van der Waals surface area contributed by atoms with Gasteiger partial charge in [0.2, 0.25) is 0 Å². The molecule has 0 radical (unpaired) electrons. The fourth-order valence-corrected chi connectivity index (χ4v) is 2.60. The van der Waals surface area contributed by atoms with Gasteiger partial charge in [0, 0.05) is 17.8 Å². The van der Waals surface area contributed by atoms with Gasteiger partial charge in [-0.3, -0.25) is 0 Å². The van der Waals surface area contributed by atoms with Crippen molar-refractivity contribution in [2.75, 3.05) is 12.4 Å². The van der Waals surface area contributed by atoms with Gasteiger partial charge in [0.15, 0.2) is 0 Å². The third-order valence-electron chi connectivity index (χ3n) is 4.79. The maximum Gasteiger partial charge on any atom is 0.148 e. The fraction of sp³-hybridized carbons (Fsp3) is 0.381. The Morgan fingerprint density at radius 3 is 2.39 bits per heavy atom. The second kappa shape index (κ2) is 8.61. The van der Waals surface area contributed by atoms with E-state index in [-0.39, 0.29) is 23.9 Å². The summed E-state index contributed by atoms with van der Waals surface area (Å²) in [6, 6.07) is 10.2. The van der Waals surface area contributed by atoms with Crippen LogP contribution in [-0.4, -0.2) is 32.9 Å². The summed E-state index contributed by atoms with van der Waals surface area (Å²) in [4.78, 5) is 4.28. The van der Waals surface area contributed by atoms with Gasteiger partial charge >= 0.3 is 0 Å². The summed E-state index contributed by atoms with van der Waals surface area (Å²) in [7, 11) is 1.67. The number of aromatic nitrogens is 4. The summed E-state index contributed by atoms with van der Waals surface area (Å²) in [5.74, 6) is 1.54.